The Morgan fingerprint density at radius 3 is 2.30 bits per heavy atom. The number of hydrogen-bond acceptors (Lipinski definition) is 7. The van der Waals surface area contributed by atoms with Crippen LogP contribution in [0.1, 0.15) is 33.8 Å². The van der Waals surface area contributed by atoms with Crippen LogP contribution in [0.25, 0.3) is 22.3 Å². The molecule has 5 rings (SSSR count). The molecule has 0 spiro atoms. The van der Waals surface area contributed by atoms with Gasteiger partial charge in [-0.15, -0.1) is 0 Å². The SMILES string of the molecule is O=C1CC(c2ccc(C(=O)O)cc2)c2c(cc(O)c3c(=O)cc(-c4ccc(O)cc4)oc23)O1. The van der Waals surface area contributed by atoms with Gasteiger partial charge in [0.15, 0.2) is 5.43 Å². The van der Waals surface area contributed by atoms with Gasteiger partial charge in [-0.2, -0.15) is 0 Å². The topological polar surface area (TPSA) is 134 Å². The number of esters is 1. The molecule has 1 aromatic heterocycles. The van der Waals surface area contributed by atoms with Crippen molar-refractivity contribution in [2.24, 2.45) is 0 Å². The second kappa shape index (κ2) is 7.52. The second-order valence-corrected chi connectivity index (χ2v) is 7.69. The zero-order valence-corrected chi connectivity index (χ0v) is 16.9. The highest BCUT2D eigenvalue weighted by Gasteiger charge is 2.33. The molecule has 0 saturated heterocycles. The van der Waals surface area contributed by atoms with E-state index in [9.17, 15) is 29.7 Å². The van der Waals surface area contributed by atoms with Crippen LogP contribution in [0.15, 0.2) is 69.9 Å². The van der Waals surface area contributed by atoms with E-state index in [1.807, 2.05) is 0 Å². The molecule has 2 heterocycles. The number of carboxylic acids is 1. The Kier molecular flexibility index (Phi) is 4.63. The maximum Gasteiger partial charge on any atom is 0.335 e. The van der Waals surface area contributed by atoms with Gasteiger partial charge in [0, 0.05) is 29.2 Å². The minimum atomic E-state index is -1.08. The molecule has 0 aliphatic carbocycles. The lowest BCUT2D eigenvalue weighted by molar-refractivity contribution is -0.135. The Morgan fingerprint density at radius 2 is 1.64 bits per heavy atom. The zero-order chi connectivity index (χ0) is 23.3. The highest BCUT2D eigenvalue weighted by atomic mass is 16.5. The van der Waals surface area contributed by atoms with E-state index in [4.69, 9.17) is 9.15 Å². The average Bonchev–Trinajstić information content (AvgIpc) is 2.78. The maximum absolute atomic E-state index is 12.9. The van der Waals surface area contributed by atoms with E-state index in [-0.39, 0.29) is 46.0 Å². The predicted molar refractivity (Wildman–Crippen MR) is 117 cm³/mol. The van der Waals surface area contributed by atoms with E-state index in [1.165, 1.54) is 36.4 Å². The summed E-state index contributed by atoms with van der Waals surface area (Å²) in [6.07, 6.45) is -0.0631. The number of carbonyl (C=O) groups excluding carboxylic acids is 1. The molecule has 0 radical (unpaired) electrons. The van der Waals surface area contributed by atoms with Crippen molar-refractivity contribution in [3.63, 3.8) is 0 Å². The van der Waals surface area contributed by atoms with Crippen LogP contribution in [0.3, 0.4) is 0 Å². The molecule has 3 aromatic carbocycles. The van der Waals surface area contributed by atoms with E-state index >= 15 is 0 Å². The number of carboxylic acid groups (broad SMARTS) is 1. The molecule has 0 saturated carbocycles. The molecule has 1 aliphatic heterocycles. The fourth-order valence-corrected chi connectivity index (χ4v) is 4.07. The maximum atomic E-state index is 12.9. The first kappa shape index (κ1) is 20.3. The number of phenols is 2. The highest BCUT2D eigenvalue weighted by Crippen LogP contribution is 2.46. The van der Waals surface area contributed by atoms with E-state index in [0.717, 1.165) is 0 Å². The Balaban J connectivity index is 1.77. The van der Waals surface area contributed by atoms with E-state index in [2.05, 4.69) is 0 Å². The van der Waals surface area contributed by atoms with E-state index in [0.29, 0.717) is 16.7 Å². The van der Waals surface area contributed by atoms with Gasteiger partial charge in [0.05, 0.1) is 12.0 Å². The fraction of sp³-hybridized carbons (Fsp3) is 0.0800. The van der Waals surface area contributed by atoms with Crippen LogP contribution in [0.4, 0.5) is 0 Å². The Morgan fingerprint density at radius 1 is 0.939 bits per heavy atom. The molecule has 33 heavy (non-hydrogen) atoms. The van der Waals surface area contributed by atoms with Crippen LogP contribution < -0.4 is 10.2 Å². The second-order valence-electron chi connectivity index (χ2n) is 7.69. The summed E-state index contributed by atoms with van der Waals surface area (Å²) in [5.41, 5.74) is 1.23. The van der Waals surface area contributed by atoms with Crippen LogP contribution in [-0.2, 0) is 4.79 Å². The van der Waals surface area contributed by atoms with Gasteiger partial charge >= 0.3 is 11.9 Å². The van der Waals surface area contributed by atoms with Gasteiger partial charge in [0.2, 0.25) is 0 Å². The van der Waals surface area contributed by atoms with E-state index < -0.39 is 23.3 Å². The van der Waals surface area contributed by atoms with Crippen molar-refractivity contribution in [2.75, 3.05) is 0 Å². The monoisotopic (exact) mass is 444 g/mol. The average molecular weight is 444 g/mol. The van der Waals surface area contributed by atoms with Gasteiger partial charge in [-0.3, -0.25) is 9.59 Å². The van der Waals surface area contributed by atoms with Crippen LogP contribution in [0.2, 0.25) is 0 Å². The van der Waals surface area contributed by atoms with Gasteiger partial charge in [-0.05, 0) is 42.0 Å². The van der Waals surface area contributed by atoms with Crippen LogP contribution in [0.5, 0.6) is 17.2 Å². The summed E-state index contributed by atoms with van der Waals surface area (Å²) in [6.45, 7) is 0. The van der Waals surface area contributed by atoms with E-state index in [1.54, 1.807) is 24.3 Å². The number of rotatable bonds is 3. The number of phenolic OH excluding ortho intramolecular Hbond substituents is 2. The number of carbonyl (C=O) groups is 2. The highest BCUT2D eigenvalue weighted by molar-refractivity contribution is 5.93. The molecule has 3 N–H and O–H groups in total. The molecule has 4 aromatic rings. The number of aromatic carboxylic acids is 1. The normalized spacial score (nSPS) is 15.2. The van der Waals surface area contributed by atoms with Crippen molar-refractivity contribution in [1.29, 1.82) is 0 Å². The first-order valence-corrected chi connectivity index (χ1v) is 9.99. The van der Waals surface area contributed by atoms with Crippen LogP contribution in [0, 0.1) is 0 Å². The third-order valence-corrected chi connectivity index (χ3v) is 5.64. The molecular formula is C25H16O8. The Hall–Kier alpha value is -4.59. The number of hydrogen-bond donors (Lipinski definition) is 3. The predicted octanol–water partition coefficient (Wildman–Crippen LogP) is 4.01. The largest absolute Gasteiger partial charge is 0.508 e. The lowest BCUT2D eigenvalue weighted by Gasteiger charge is -2.26. The van der Waals surface area contributed by atoms with Gasteiger partial charge in [-0.25, -0.2) is 4.79 Å². The lowest BCUT2D eigenvalue weighted by Crippen LogP contribution is -2.22. The van der Waals surface area contributed by atoms with Crippen molar-refractivity contribution < 1.29 is 34.1 Å². The van der Waals surface area contributed by atoms with Crippen molar-refractivity contribution in [3.05, 3.63) is 87.6 Å². The number of fused-ring (bicyclic) bond motifs is 3. The van der Waals surface area contributed by atoms with Gasteiger partial charge in [-0.1, -0.05) is 12.1 Å². The summed E-state index contributed by atoms with van der Waals surface area (Å²) in [7, 11) is 0. The van der Waals surface area contributed by atoms with Gasteiger partial charge in [0.1, 0.15) is 34.0 Å². The van der Waals surface area contributed by atoms with Gasteiger partial charge in [0.25, 0.3) is 0 Å². The smallest absolute Gasteiger partial charge is 0.335 e. The third-order valence-electron chi connectivity index (χ3n) is 5.64. The zero-order valence-electron chi connectivity index (χ0n) is 16.9. The summed E-state index contributed by atoms with van der Waals surface area (Å²) >= 11 is 0. The summed E-state index contributed by atoms with van der Waals surface area (Å²) in [5, 5.41) is 29.2. The number of aromatic hydroxyl groups is 2. The number of ether oxygens (including phenoxy) is 1. The molecule has 0 fully saturated rings. The summed E-state index contributed by atoms with van der Waals surface area (Å²) in [4.78, 5) is 36.5. The Labute approximate surface area is 185 Å². The summed E-state index contributed by atoms with van der Waals surface area (Å²) in [5.74, 6) is -2.27. The molecule has 0 bridgehead atoms. The first-order chi connectivity index (χ1) is 15.8. The summed E-state index contributed by atoms with van der Waals surface area (Å²) in [6, 6.07) is 14.6. The minimum Gasteiger partial charge on any atom is -0.508 e. The Bertz CT molecular complexity index is 1480. The number of benzene rings is 3. The molecule has 1 atom stereocenters. The van der Waals surface area contributed by atoms with Crippen molar-refractivity contribution in [2.45, 2.75) is 12.3 Å². The van der Waals surface area contributed by atoms with Gasteiger partial charge < -0.3 is 24.5 Å². The quantitative estimate of drug-likeness (QED) is 0.319. The van der Waals surface area contributed by atoms with Crippen LogP contribution in [-0.4, -0.2) is 27.3 Å². The fourth-order valence-electron chi connectivity index (χ4n) is 4.07. The lowest BCUT2D eigenvalue weighted by atomic mass is 9.84. The third kappa shape index (κ3) is 3.47. The molecule has 0 amide bonds. The van der Waals surface area contributed by atoms with Crippen molar-refractivity contribution in [1.82, 2.24) is 0 Å². The molecule has 164 valence electrons. The molecular weight excluding hydrogens is 428 g/mol. The molecule has 1 aliphatic rings. The first-order valence-electron chi connectivity index (χ1n) is 9.99. The summed E-state index contributed by atoms with van der Waals surface area (Å²) < 4.78 is 11.4. The van der Waals surface area contributed by atoms with Crippen molar-refractivity contribution >= 4 is 22.9 Å². The van der Waals surface area contributed by atoms with Crippen LogP contribution >= 0.6 is 0 Å². The van der Waals surface area contributed by atoms with Crippen molar-refractivity contribution in [3.8, 4) is 28.6 Å². The minimum absolute atomic E-state index is 0.0497. The molecule has 8 heteroatoms. The molecule has 1 unspecified atom stereocenters. The molecule has 8 nitrogen and oxygen atoms in total. The standard InChI is InChI=1S/C25H16O8/c26-15-7-5-13(6-8-15)19-10-17(27)23-18(28)11-20-22(24(23)33-19)16(9-21(29)32-20)12-1-3-14(4-2-12)25(30)31/h1-8,10-11,16,26,28H,9H2,(H,30,31).